The van der Waals surface area contributed by atoms with Crippen LogP contribution in [0.15, 0.2) is 24.3 Å². The van der Waals surface area contributed by atoms with E-state index in [2.05, 4.69) is 9.88 Å². The quantitative estimate of drug-likeness (QED) is 0.709. The van der Waals surface area contributed by atoms with Crippen LogP contribution >= 0.6 is 11.6 Å². The van der Waals surface area contributed by atoms with E-state index in [1.807, 2.05) is 13.8 Å². The molecule has 1 aliphatic heterocycles. The lowest BCUT2D eigenvalue weighted by atomic mass is 10.0. The number of carbonyl (C=O) groups is 3. The van der Waals surface area contributed by atoms with Crippen LogP contribution in [0.25, 0.3) is 0 Å². The number of amides is 1. The first kappa shape index (κ1) is 22.2. The molecule has 160 valence electrons. The van der Waals surface area contributed by atoms with E-state index >= 15 is 0 Å². The van der Waals surface area contributed by atoms with E-state index in [1.165, 1.54) is 6.92 Å². The average molecular weight is 430 g/mol. The number of H-pyrrole nitrogens is 1. The Morgan fingerprint density at radius 3 is 2.50 bits per heavy atom. The van der Waals surface area contributed by atoms with Crippen LogP contribution in [-0.2, 0) is 6.42 Å². The van der Waals surface area contributed by atoms with Crippen molar-refractivity contribution in [3.63, 3.8) is 0 Å². The maximum atomic E-state index is 13.0. The lowest BCUT2D eigenvalue weighted by molar-refractivity contribution is 0.0761. The standard InChI is InChI=1S/C23H28ClN3O3/c1-4-17-21(16(3)28)15(2)25-22(17)20(29)14-26-10-7-11-27(13-12-26)23(30)18-8-5-6-9-19(18)24/h5-6,8-9,25H,4,7,10-14H2,1-3H3. The number of ketones is 2. The first-order valence-corrected chi connectivity index (χ1v) is 10.7. The summed E-state index contributed by atoms with van der Waals surface area (Å²) in [5, 5.41) is 0.453. The molecule has 0 bridgehead atoms. The molecule has 1 saturated heterocycles. The van der Waals surface area contributed by atoms with Crippen LogP contribution in [0.5, 0.6) is 0 Å². The van der Waals surface area contributed by atoms with Gasteiger partial charge in [-0.15, -0.1) is 0 Å². The van der Waals surface area contributed by atoms with Gasteiger partial charge in [0.15, 0.2) is 11.6 Å². The third-order valence-electron chi connectivity index (χ3n) is 5.62. The Morgan fingerprint density at radius 2 is 1.83 bits per heavy atom. The minimum absolute atomic E-state index is 0.0201. The van der Waals surface area contributed by atoms with Crippen LogP contribution in [0.4, 0.5) is 0 Å². The summed E-state index contributed by atoms with van der Waals surface area (Å²) in [7, 11) is 0. The fraction of sp³-hybridized carbons (Fsp3) is 0.435. The molecule has 0 atom stereocenters. The fourth-order valence-corrected chi connectivity index (χ4v) is 4.38. The Morgan fingerprint density at radius 1 is 1.10 bits per heavy atom. The van der Waals surface area contributed by atoms with Gasteiger partial charge in [-0.1, -0.05) is 30.7 Å². The van der Waals surface area contributed by atoms with Crippen molar-refractivity contribution >= 4 is 29.1 Å². The van der Waals surface area contributed by atoms with Gasteiger partial charge in [-0.05, 0) is 44.4 Å². The third-order valence-corrected chi connectivity index (χ3v) is 5.95. The zero-order valence-electron chi connectivity index (χ0n) is 17.8. The van der Waals surface area contributed by atoms with E-state index in [-0.39, 0.29) is 24.0 Å². The second-order valence-electron chi connectivity index (χ2n) is 7.71. The molecule has 1 fully saturated rings. The number of Topliss-reactive ketones (excluding diaryl/α,β-unsaturated/α-hetero) is 2. The van der Waals surface area contributed by atoms with Gasteiger partial charge in [0.2, 0.25) is 0 Å². The van der Waals surface area contributed by atoms with Gasteiger partial charge in [0, 0.05) is 37.4 Å². The van der Waals surface area contributed by atoms with Gasteiger partial charge in [0.1, 0.15) is 0 Å². The highest BCUT2D eigenvalue weighted by Gasteiger charge is 2.25. The summed E-state index contributed by atoms with van der Waals surface area (Å²) >= 11 is 6.18. The van der Waals surface area contributed by atoms with Crippen molar-refractivity contribution < 1.29 is 14.4 Å². The molecule has 7 heteroatoms. The van der Waals surface area contributed by atoms with E-state index < -0.39 is 0 Å². The van der Waals surface area contributed by atoms with Gasteiger partial charge < -0.3 is 9.88 Å². The number of rotatable bonds is 6. The van der Waals surface area contributed by atoms with E-state index in [0.717, 1.165) is 24.2 Å². The second kappa shape index (κ2) is 9.58. The van der Waals surface area contributed by atoms with Gasteiger partial charge in [0.25, 0.3) is 5.91 Å². The number of carbonyl (C=O) groups excluding carboxylic acids is 3. The number of aromatic amines is 1. The van der Waals surface area contributed by atoms with Crippen LogP contribution in [0.2, 0.25) is 5.02 Å². The van der Waals surface area contributed by atoms with Crippen LogP contribution in [0.1, 0.15) is 62.7 Å². The molecule has 2 aromatic rings. The molecule has 1 aromatic heterocycles. The molecule has 1 aliphatic rings. The molecule has 0 spiro atoms. The van der Waals surface area contributed by atoms with Crippen LogP contribution in [-0.4, -0.2) is 65.0 Å². The maximum absolute atomic E-state index is 13.0. The van der Waals surface area contributed by atoms with Gasteiger partial charge in [-0.2, -0.15) is 0 Å². The number of hydrogen-bond donors (Lipinski definition) is 1. The number of hydrogen-bond acceptors (Lipinski definition) is 4. The van der Waals surface area contributed by atoms with E-state index in [0.29, 0.717) is 47.9 Å². The Hall–Kier alpha value is -2.44. The summed E-state index contributed by atoms with van der Waals surface area (Å²) in [6.07, 6.45) is 1.41. The third kappa shape index (κ3) is 4.65. The summed E-state index contributed by atoms with van der Waals surface area (Å²) in [5.41, 5.74) is 3.22. The molecular formula is C23H28ClN3O3. The Bertz CT molecular complexity index is 967. The minimum atomic E-state index is -0.0758. The van der Waals surface area contributed by atoms with E-state index in [4.69, 9.17) is 11.6 Å². The topological polar surface area (TPSA) is 73.5 Å². The molecule has 0 saturated carbocycles. The highest BCUT2D eigenvalue weighted by Crippen LogP contribution is 2.22. The largest absolute Gasteiger partial charge is 0.355 e. The van der Waals surface area contributed by atoms with Crippen molar-refractivity contribution in [3.8, 4) is 0 Å². The molecule has 1 aromatic carbocycles. The first-order chi connectivity index (χ1) is 14.3. The predicted octanol–water partition coefficient (Wildman–Crippen LogP) is 3.77. The molecule has 2 heterocycles. The second-order valence-corrected chi connectivity index (χ2v) is 8.12. The van der Waals surface area contributed by atoms with Gasteiger partial charge in [-0.25, -0.2) is 0 Å². The number of aromatic nitrogens is 1. The summed E-state index contributed by atoms with van der Waals surface area (Å²) in [4.78, 5) is 44.8. The summed E-state index contributed by atoms with van der Waals surface area (Å²) < 4.78 is 0. The number of nitrogens with one attached hydrogen (secondary N) is 1. The van der Waals surface area contributed by atoms with Gasteiger partial charge in [-0.3, -0.25) is 19.3 Å². The monoisotopic (exact) mass is 429 g/mol. The maximum Gasteiger partial charge on any atom is 0.255 e. The van der Waals surface area contributed by atoms with Crippen molar-refractivity contribution in [2.24, 2.45) is 0 Å². The van der Waals surface area contributed by atoms with E-state index in [9.17, 15) is 14.4 Å². The van der Waals surface area contributed by atoms with Crippen LogP contribution in [0.3, 0.4) is 0 Å². The smallest absolute Gasteiger partial charge is 0.255 e. The highest BCUT2D eigenvalue weighted by molar-refractivity contribution is 6.33. The molecule has 0 radical (unpaired) electrons. The number of aryl methyl sites for hydroxylation is 1. The summed E-state index contributed by atoms with van der Waals surface area (Å²) in [6.45, 7) is 8.10. The molecule has 30 heavy (non-hydrogen) atoms. The Kier molecular flexibility index (Phi) is 7.10. The minimum Gasteiger partial charge on any atom is -0.355 e. The van der Waals surface area contributed by atoms with Crippen molar-refractivity contribution in [1.82, 2.24) is 14.8 Å². The first-order valence-electron chi connectivity index (χ1n) is 10.3. The Balaban J connectivity index is 1.68. The lowest BCUT2D eigenvalue weighted by Crippen LogP contribution is -2.37. The number of nitrogens with zero attached hydrogens (tertiary/aromatic N) is 2. The normalized spacial score (nSPS) is 15.1. The molecule has 6 nitrogen and oxygen atoms in total. The Labute approximate surface area is 182 Å². The van der Waals surface area contributed by atoms with Crippen LogP contribution < -0.4 is 0 Å². The van der Waals surface area contributed by atoms with Gasteiger partial charge in [0.05, 0.1) is 22.8 Å². The van der Waals surface area contributed by atoms with Crippen molar-refractivity contribution in [3.05, 3.63) is 57.4 Å². The molecule has 3 rings (SSSR count). The zero-order valence-corrected chi connectivity index (χ0v) is 18.5. The van der Waals surface area contributed by atoms with E-state index in [1.54, 1.807) is 29.2 Å². The fourth-order valence-electron chi connectivity index (χ4n) is 4.16. The van der Waals surface area contributed by atoms with Gasteiger partial charge >= 0.3 is 0 Å². The molecule has 0 aliphatic carbocycles. The number of halogens is 1. The lowest BCUT2D eigenvalue weighted by Gasteiger charge is -2.22. The SMILES string of the molecule is CCc1c(C(=O)CN2CCCN(C(=O)c3ccccc3Cl)CC2)[nH]c(C)c1C(C)=O. The summed E-state index contributed by atoms with van der Waals surface area (Å²) in [5.74, 6) is -0.121. The molecule has 1 N–H and O–H groups in total. The van der Waals surface area contributed by atoms with Crippen molar-refractivity contribution in [2.45, 2.75) is 33.6 Å². The molecule has 1 amide bonds. The van der Waals surface area contributed by atoms with Crippen molar-refractivity contribution in [2.75, 3.05) is 32.7 Å². The highest BCUT2D eigenvalue weighted by atomic mass is 35.5. The molecular weight excluding hydrogens is 402 g/mol. The number of benzene rings is 1. The predicted molar refractivity (Wildman–Crippen MR) is 118 cm³/mol. The van der Waals surface area contributed by atoms with Crippen molar-refractivity contribution in [1.29, 1.82) is 0 Å². The average Bonchev–Trinajstić information content (AvgIpc) is 2.89. The molecule has 0 unspecified atom stereocenters. The zero-order chi connectivity index (χ0) is 21.8. The van der Waals surface area contributed by atoms with Crippen LogP contribution in [0, 0.1) is 6.92 Å². The summed E-state index contributed by atoms with van der Waals surface area (Å²) in [6, 6.07) is 7.07.